The van der Waals surface area contributed by atoms with E-state index in [2.05, 4.69) is 0 Å². The second-order valence-corrected chi connectivity index (χ2v) is 7.49. The summed E-state index contributed by atoms with van der Waals surface area (Å²) in [5.74, 6) is 0.567. The molecule has 0 unspecified atom stereocenters. The van der Waals surface area contributed by atoms with Crippen molar-refractivity contribution in [2.24, 2.45) is 5.92 Å². The zero-order chi connectivity index (χ0) is 14.0. The average Bonchev–Trinajstić information content (AvgIpc) is 2.37. The maximum absolute atomic E-state index is 12.1. The van der Waals surface area contributed by atoms with Gasteiger partial charge in [-0.1, -0.05) is 19.1 Å². The van der Waals surface area contributed by atoms with Gasteiger partial charge in [-0.2, -0.15) is 0 Å². The highest BCUT2D eigenvalue weighted by atomic mass is 32.2. The molecule has 0 saturated heterocycles. The molecule has 19 heavy (non-hydrogen) atoms. The van der Waals surface area contributed by atoms with Crippen molar-refractivity contribution in [2.45, 2.75) is 30.8 Å². The van der Waals surface area contributed by atoms with Crippen molar-refractivity contribution < 1.29 is 13.5 Å². The van der Waals surface area contributed by atoms with Gasteiger partial charge in [-0.15, -0.1) is 0 Å². The standard InChI is InChI=1S/C14H21NO3S/c1-3-19(17,18)14-7-5-4-6-13(14)15(2)10-11-8-12(16)9-11/h4-7,11-12,16H,3,8-10H2,1-2H3. The summed E-state index contributed by atoms with van der Waals surface area (Å²) in [7, 11) is -1.29. The van der Waals surface area contributed by atoms with Crippen molar-refractivity contribution in [3.8, 4) is 0 Å². The highest BCUT2D eigenvalue weighted by Crippen LogP contribution is 2.31. The van der Waals surface area contributed by atoms with E-state index in [0.29, 0.717) is 10.8 Å². The van der Waals surface area contributed by atoms with E-state index in [1.54, 1.807) is 19.1 Å². The number of anilines is 1. The van der Waals surface area contributed by atoms with Gasteiger partial charge in [-0.05, 0) is 30.9 Å². The van der Waals surface area contributed by atoms with Crippen molar-refractivity contribution in [3.63, 3.8) is 0 Å². The van der Waals surface area contributed by atoms with Crippen LogP contribution in [0.5, 0.6) is 0 Å². The van der Waals surface area contributed by atoms with Gasteiger partial charge in [0.25, 0.3) is 0 Å². The molecule has 4 nitrogen and oxygen atoms in total. The summed E-state index contributed by atoms with van der Waals surface area (Å²) in [5.41, 5.74) is 0.755. The van der Waals surface area contributed by atoms with Gasteiger partial charge in [0, 0.05) is 13.6 Å². The van der Waals surface area contributed by atoms with E-state index < -0.39 is 9.84 Å². The Morgan fingerprint density at radius 1 is 1.32 bits per heavy atom. The Labute approximate surface area is 115 Å². The molecule has 0 bridgehead atoms. The summed E-state index contributed by atoms with van der Waals surface area (Å²) in [6.07, 6.45) is 1.45. The lowest BCUT2D eigenvalue weighted by atomic mass is 9.82. The Morgan fingerprint density at radius 2 is 1.95 bits per heavy atom. The Hall–Kier alpha value is -1.07. The summed E-state index contributed by atoms with van der Waals surface area (Å²) in [5, 5.41) is 9.31. The molecule has 106 valence electrons. The second-order valence-electron chi connectivity index (χ2n) is 5.24. The number of para-hydroxylation sites is 1. The molecule has 0 heterocycles. The molecule has 1 N–H and O–H groups in total. The third kappa shape index (κ3) is 3.09. The maximum Gasteiger partial charge on any atom is 0.180 e. The molecule has 1 saturated carbocycles. The van der Waals surface area contributed by atoms with Gasteiger partial charge in [0.2, 0.25) is 0 Å². The molecule has 1 fully saturated rings. The minimum atomic E-state index is -3.20. The van der Waals surface area contributed by atoms with Crippen molar-refractivity contribution in [3.05, 3.63) is 24.3 Å². The first-order valence-corrected chi connectivity index (χ1v) is 8.30. The van der Waals surface area contributed by atoms with Crippen molar-refractivity contribution in [2.75, 3.05) is 24.2 Å². The average molecular weight is 283 g/mol. The minimum absolute atomic E-state index is 0.111. The first kappa shape index (κ1) is 14.3. The summed E-state index contributed by atoms with van der Waals surface area (Å²) >= 11 is 0. The molecule has 5 heteroatoms. The van der Waals surface area contributed by atoms with Crippen LogP contribution in [0.15, 0.2) is 29.2 Å². The van der Waals surface area contributed by atoms with E-state index >= 15 is 0 Å². The van der Waals surface area contributed by atoms with Crippen LogP contribution in [0.1, 0.15) is 19.8 Å². The van der Waals surface area contributed by atoms with E-state index in [1.165, 1.54) is 0 Å². The van der Waals surface area contributed by atoms with E-state index in [-0.39, 0.29) is 11.9 Å². The van der Waals surface area contributed by atoms with Gasteiger partial charge in [0.05, 0.1) is 22.4 Å². The first-order chi connectivity index (χ1) is 8.94. The number of aliphatic hydroxyl groups excluding tert-OH is 1. The molecule has 1 aromatic rings. The van der Waals surface area contributed by atoms with Gasteiger partial charge in [0.15, 0.2) is 9.84 Å². The van der Waals surface area contributed by atoms with Crippen LogP contribution < -0.4 is 4.90 Å². The van der Waals surface area contributed by atoms with E-state index in [0.717, 1.165) is 25.1 Å². The number of benzene rings is 1. The van der Waals surface area contributed by atoms with Gasteiger partial charge in [0.1, 0.15) is 0 Å². The fourth-order valence-corrected chi connectivity index (χ4v) is 3.67. The monoisotopic (exact) mass is 283 g/mol. The summed E-state index contributed by atoms with van der Waals surface area (Å²) < 4.78 is 24.2. The van der Waals surface area contributed by atoms with Gasteiger partial charge < -0.3 is 10.0 Å². The Bertz CT molecular complexity index is 535. The summed E-state index contributed by atoms with van der Waals surface area (Å²) in [6.45, 7) is 2.45. The topological polar surface area (TPSA) is 57.6 Å². The SMILES string of the molecule is CCS(=O)(=O)c1ccccc1N(C)CC1CC(O)C1. The first-order valence-electron chi connectivity index (χ1n) is 6.65. The number of sulfone groups is 1. The smallest absolute Gasteiger partial charge is 0.180 e. The third-order valence-corrected chi connectivity index (χ3v) is 5.51. The molecule has 0 aliphatic heterocycles. The largest absolute Gasteiger partial charge is 0.393 e. The lowest BCUT2D eigenvalue weighted by molar-refractivity contribution is 0.0464. The molecule has 0 spiro atoms. The molecule has 0 atom stereocenters. The lowest BCUT2D eigenvalue weighted by Crippen LogP contribution is -2.37. The van der Waals surface area contributed by atoms with Crippen LogP contribution in [0.2, 0.25) is 0 Å². The van der Waals surface area contributed by atoms with Gasteiger partial charge >= 0.3 is 0 Å². The molecule has 2 rings (SSSR count). The molecule has 1 aliphatic carbocycles. The molecular formula is C14H21NO3S. The van der Waals surface area contributed by atoms with E-state index in [9.17, 15) is 13.5 Å². The third-order valence-electron chi connectivity index (χ3n) is 3.73. The van der Waals surface area contributed by atoms with Crippen molar-refractivity contribution in [1.82, 2.24) is 0 Å². The summed E-state index contributed by atoms with van der Waals surface area (Å²) in [4.78, 5) is 2.39. The predicted octanol–water partition coefficient (Wildman–Crippen LogP) is 1.69. The Kier molecular flexibility index (Phi) is 4.16. The highest BCUT2D eigenvalue weighted by molar-refractivity contribution is 7.91. The van der Waals surface area contributed by atoms with Crippen LogP contribution in [0.3, 0.4) is 0 Å². The zero-order valence-electron chi connectivity index (χ0n) is 11.4. The Balaban J connectivity index is 2.20. The van der Waals surface area contributed by atoms with Crippen LogP contribution in [-0.2, 0) is 9.84 Å². The number of hydrogen-bond acceptors (Lipinski definition) is 4. The highest BCUT2D eigenvalue weighted by Gasteiger charge is 2.29. The summed E-state index contributed by atoms with van der Waals surface area (Å²) in [6, 6.07) is 7.13. The van der Waals surface area contributed by atoms with Crippen LogP contribution >= 0.6 is 0 Å². The fraction of sp³-hybridized carbons (Fsp3) is 0.571. The van der Waals surface area contributed by atoms with Gasteiger partial charge in [-0.25, -0.2) is 8.42 Å². The van der Waals surface area contributed by atoms with Gasteiger partial charge in [-0.3, -0.25) is 0 Å². The van der Waals surface area contributed by atoms with Crippen molar-refractivity contribution in [1.29, 1.82) is 0 Å². The van der Waals surface area contributed by atoms with E-state index in [1.807, 2.05) is 24.1 Å². The molecular weight excluding hydrogens is 262 g/mol. The normalized spacial score (nSPS) is 22.9. The quantitative estimate of drug-likeness (QED) is 0.893. The minimum Gasteiger partial charge on any atom is -0.393 e. The van der Waals surface area contributed by atoms with Crippen LogP contribution in [-0.4, -0.2) is 39.0 Å². The van der Waals surface area contributed by atoms with Crippen LogP contribution in [0.4, 0.5) is 5.69 Å². The molecule has 0 amide bonds. The Morgan fingerprint density at radius 3 is 2.53 bits per heavy atom. The number of nitrogens with zero attached hydrogens (tertiary/aromatic N) is 1. The lowest BCUT2D eigenvalue weighted by Gasteiger charge is -2.35. The van der Waals surface area contributed by atoms with E-state index in [4.69, 9.17) is 0 Å². The van der Waals surface area contributed by atoms with Crippen LogP contribution in [0, 0.1) is 5.92 Å². The predicted molar refractivity (Wildman–Crippen MR) is 76.2 cm³/mol. The van der Waals surface area contributed by atoms with Crippen LogP contribution in [0.25, 0.3) is 0 Å². The molecule has 1 aliphatic rings. The number of hydrogen-bond donors (Lipinski definition) is 1. The fourth-order valence-electron chi connectivity index (χ4n) is 2.53. The number of rotatable bonds is 5. The molecule has 1 aromatic carbocycles. The molecule has 0 radical (unpaired) electrons. The second kappa shape index (κ2) is 5.51. The number of aliphatic hydroxyl groups is 1. The molecule has 0 aromatic heterocycles. The zero-order valence-corrected chi connectivity index (χ0v) is 12.2. The van der Waals surface area contributed by atoms with Crippen molar-refractivity contribution >= 4 is 15.5 Å². The maximum atomic E-state index is 12.1.